The zero-order valence-corrected chi connectivity index (χ0v) is 12.7. The number of sulfone groups is 1. The van der Waals surface area contributed by atoms with Crippen LogP contribution < -0.4 is 0 Å². The topological polar surface area (TPSA) is 72.2 Å². The number of aryl methyl sites for hydroxylation is 1. The Morgan fingerprint density at radius 3 is 2.62 bits per heavy atom. The smallest absolute Gasteiger partial charge is 0.156 e. The number of nitrogens with zero attached hydrogens (tertiary/aromatic N) is 2. The molecule has 2 bridgehead atoms. The molecule has 0 aliphatic carbocycles. The van der Waals surface area contributed by atoms with E-state index in [1.807, 2.05) is 31.4 Å². The van der Waals surface area contributed by atoms with Gasteiger partial charge in [0.2, 0.25) is 0 Å². The van der Waals surface area contributed by atoms with Crippen molar-refractivity contribution in [2.75, 3.05) is 0 Å². The Morgan fingerprint density at radius 1 is 1.29 bits per heavy atom. The first kappa shape index (κ1) is 13.3. The summed E-state index contributed by atoms with van der Waals surface area (Å²) < 4.78 is 26.1. The quantitative estimate of drug-likeness (QED) is 0.866. The second-order valence-electron chi connectivity index (χ2n) is 6.43. The predicted molar refractivity (Wildman–Crippen MR) is 79.6 cm³/mol. The van der Waals surface area contributed by atoms with Crippen molar-refractivity contribution in [1.82, 2.24) is 9.78 Å². The highest BCUT2D eigenvalue weighted by Crippen LogP contribution is 2.47. The van der Waals surface area contributed by atoms with Crippen molar-refractivity contribution in [2.24, 2.45) is 7.05 Å². The Hall–Kier alpha value is -1.40. The number of hydrogen-bond acceptors (Lipinski definition) is 4. The molecule has 5 nitrogen and oxygen atoms in total. The van der Waals surface area contributed by atoms with Gasteiger partial charge in [-0.25, -0.2) is 8.42 Å². The van der Waals surface area contributed by atoms with E-state index in [0.717, 1.165) is 16.5 Å². The minimum Gasteiger partial charge on any atom is -0.385 e. The summed E-state index contributed by atoms with van der Waals surface area (Å²) in [5, 5.41) is 15.6. The molecule has 0 saturated carbocycles. The Kier molecular flexibility index (Phi) is 2.58. The van der Waals surface area contributed by atoms with Crippen LogP contribution in [0.4, 0.5) is 0 Å². The third kappa shape index (κ3) is 1.85. The average molecular weight is 306 g/mol. The predicted octanol–water partition coefficient (Wildman–Crippen LogP) is 1.50. The third-order valence-corrected chi connectivity index (χ3v) is 7.69. The molecule has 1 aromatic carbocycles. The second kappa shape index (κ2) is 4.08. The van der Waals surface area contributed by atoms with Crippen LogP contribution in [0.1, 0.15) is 31.2 Å². The molecule has 0 radical (unpaired) electrons. The van der Waals surface area contributed by atoms with E-state index in [1.54, 1.807) is 4.68 Å². The summed E-state index contributed by atoms with van der Waals surface area (Å²) in [4.78, 5) is 0. The van der Waals surface area contributed by atoms with Gasteiger partial charge in [-0.1, -0.05) is 12.1 Å². The van der Waals surface area contributed by atoms with Gasteiger partial charge in [0.25, 0.3) is 0 Å². The summed E-state index contributed by atoms with van der Waals surface area (Å²) in [6.45, 7) is 0. The average Bonchev–Trinajstić information content (AvgIpc) is 2.82. The molecule has 2 aromatic rings. The fourth-order valence-corrected chi connectivity index (χ4v) is 6.40. The first-order valence-electron chi connectivity index (χ1n) is 7.27. The van der Waals surface area contributed by atoms with Crippen LogP contribution in [0.3, 0.4) is 0 Å². The fraction of sp³-hybridized carbons (Fsp3) is 0.533. The monoisotopic (exact) mass is 306 g/mol. The van der Waals surface area contributed by atoms with Crippen LogP contribution in [0.5, 0.6) is 0 Å². The van der Waals surface area contributed by atoms with Gasteiger partial charge in [-0.3, -0.25) is 4.68 Å². The molecule has 2 aliphatic heterocycles. The summed E-state index contributed by atoms with van der Waals surface area (Å²) >= 11 is 0. The summed E-state index contributed by atoms with van der Waals surface area (Å²) in [6.07, 6.45) is 3.91. The zero-order valence-electron chi connectivity index (χ0n) is 11.9. The number of benzene rings is 1. The van der Waals surface area contributed by atoms with Gasteiger partial charge >= 0.3 is 0 Å². The fourth-order valence-electron chi connectivity index (χ4n) is 3.91. The van der Waals surface area contributed by atoms with Gasteiger partial charge in [0.05, 0.1) is 21.6 Å². The standard InChI is InChI=1S/C15H18N2O3S/c1-17-9-10-2-3-11(6-14(10)16-17)15(18)7-12-4-5-13(8-15)21(12,19)20/h2-3,6,9,12-13,18H,4-5,7-8H2,1H3. The minimum absolute atomic E-state index is 0.310. The van der Waals surface area contributed by atoms with Crippen molar-refractivity contribution < 1.29 is 13.5 Å². The van der Waals surface area contributed by atoms with Gasteiger partial charge in [0, 0.05) is 18.6 Å². The lowest BCUT2D eigenvalue weighted by Crippen LogP contribution is -2.43. The lowest BCUT2D eigenvalue weighted by Gasteiger charge is -2.36. The Labute approximate surface area is 123 Å². The van der Waals surface area contributed by atoms with Crippen molar-refractivity contribution in [1.29, 1.82) is 0 Å². The molecule has 112 valence electrons. The minimum atomic E-state index is -3.03. The summed E-state index contributed by atoms with van der Waals surface area (Å²) in [6, 6.07) is 5.74. The molecular weight excluding hydrogens is 288 g/mol. The third-order valence-electron chi connectivity index (χ3n) is 5.03. The number of hydrogen-bond donors (Lipinski definition) is 1. The highest BCUT2D eigenvalue weighted by Gasteiger charge is 2.53. The van der Waals surface area contributed by atoms with Crippen molar-refractivity contribution >= 4 is 20.7 Å². The first-order chi connectivity index (χ1) is 9.88. The molecule has 2 unspecified atom stereocenters. The molecule has 2 fully saturated rings. The molecule has 4 rings (SSSR count). The SMILES string of the molecule is Cn1cc2ccc(C3(O)CC4CCC(C3)S4(=O)=O)cc2n1. The van der Waals surface area contributed by atoms with E-state index in [1.165, 1.54) is 0 Å². The van der Waals surface area contributed by atoms with Gasteiger partial charge in [0.1, 0.15) is 0 Å². The molecule has 6 heteroatoms. The van der Waals surface area contributed by atoms with Gasteiger partial charge in [-0.15, -0.1) is 0 Å². The summed E-state index contributed by atoms with van der Waals surface area (Å²) in [5.74, 6) is 0. The maximum absolute atomic E-state index is 12.2. The van der Waals surface area contributed by atoms with Crippen LogP contribution in [0, 0.1) is 0 Å². The normalized spacial score (nSPS) is 34.4. The molecule has 2 aliphatic rings. The Bertz CT molecular complexity index is 805. The molecule has 1 N–H and O–H groups in total. The van der Waals surface area contributed by atoms with Gasteiger partial charge in [0.15, 0.2) is 9.84 Å². The van der Waals surface area contributed by atoms with Crippen LogP contribution in [0.15, 0.2) is 24.4 Å². The number of rotatable bonds is 1. The van der Waals surface area contributed by atoms with Crippen molar-refractivity contribution in [2.45, 2.75) is 41.8 Å². The molecular formula is C15H18N2O3S. The van der Waals surface area contributed by atoms with E-state index in [0.29, 0.717) is 25.7 Å². The summed E-state index contributed by atoms with van der Waals surface area (Å²) in [7, 11) is -1.16. The molecule has 0 amide bonds. The van der Waals surface area contributed by atoms with Crippen LogP contribution in [0.2, 0.25) is 0 Å². The Balaban J connectivity index is 1.77. The number of aliphatic hydroxyl groups is 1. The lowest BCUT2D eigenvalue weighted by molar-refractivity contribution is 0.0174. The van der Waals surface area contributed by atoms with Crippen LogP contribution >= 0.6 is 0 Å². The van der Waals surface area contributed by atoms with Crippen molar-refractivity contribution in [3.63, 3.8) is 0 Å². The molecule has 2 atom stereocenters. The number of aromatic nitrogens is 2. The molecule has 21 heavy (non-hydrogen) atoms. The van der Waals surface area contributed by atoms with Crippen molar-refractivity contribution in [3.05, 3.63) is 30.0 Å². The highest BCUT2D eigenvalue weighted by molar-refractivity contribution is 7.93. The lowest BCUT2D eigenvalue weighted by atomic mass is 9.85. The van der Waals surface area contributed by atoms with E-state index in [9.17, 15) is 13.5 Å². The van der Waals surface area contributed by atoms with Gasteiger partial charge in [-0.2, -0.15) is 5.10 Å². The molecule has 3 heterocycles. The Morgan fingerprint density at radius 2 is 1.95 bits per heavy atom. The van der Waals surface area contributed by atoms with E-state index < -0.39 is 15.4 Å². The molecule has 1 aromatic heterocycles. The zero-order chi connectivity index (χ0) is 14.8. The van der Waals surface area contributed by atoms with Crippen molar-refractivity contribution in [3.8, 4) is 0 Å². The van der Waals surface area contributed by atoms with Crippen LogP contribution in [-0.4, -0.2) is 33.8 Å². The van der Waals surface area contributed by atoms with E-state index in [4.69, 9.17) is 0 Å². The van der Waals surface area contributed by atoms with E-state index in [-0.39, 0.29) is 10.5 Å². The second-order valence-corrected chi connectivity index (χ2v) is 8.94. The largest absolute Gasteiger partial charge is 0.385 e. The van der Waals surface area contributed by atoms with Crippen LogP contribution in [-0.2, 0) is 22.5 Å². The first-order valence-corrected chi connectivity index (χ1v) is 8.88. The van der Waals surface area contributed by atoms with Crippen LogP contribution in [0.25, 0.3) is 10.9 Å². The maximum atomic E-state index is 12.2. The maximum Gasteiger partial charge on any atom is 0.156 e. The van der Waals surface area contributed by atoms with Gasteiger partial charge in [-0.05, 0) is 37.3 Å². The van der Waals surface area contributed by atoms with Gasteiger partial charge < -0.3 is 5.11 Å². The van der Waals surface area contributed by atoms with E-state index in [2.05, 4.69) is 5.10 Å². The molecule has 2 saturated heterocycles. The van der Waals surface area contributed by atoms with E-state index >= 15 is 0 Å². The summed E-state index contributed by atoms with van der Waals surface area (Å²) in [5.41, 5.74) is 0.591. The highest BCUT2D eigenvalue weighted by atomic mass is 32.2. The number of fused-ring (bicyclic) bond motifs is 3. The molecule has 0 spiro atoms.